The molecule has 0 saturated carbocycles. The van der Waals surface area contributed by atoms with Crippen molar-refractivity contribution in [2.45, 2.75) is 53.5 Å². The molecule has 1 aromatic heterocycles. The quantitative estimate of drug-likeness (QED) is 0.513. The van der Waals surface area contributed by atoms with Crippen molar-refractivity contribution in [3.63, 3.8) is 0 Å². The Balaban J connectivity index is 0.00000242. The van der Waals surface area contributed by atoms with Gasteiger partial charge in [-0.05, 0) is 0 Å². The first kappa shape index (κ1) is 23.3. The Hall–Kier alpha value is 0.271. The van der Waals surface area contributed by atoms with Gasteiger partial charge in [0.25, 0.3) is 0 Å². The van der Waals surface area contributed by atoms with E-state index in [9.17, 15) is 0 Å². The zero-order valence-corrected chi connectivity index (χ0v) is 21.3. The van der Waals surface area contributed by atoms with Gasteiger partial charge in [0.2, 0.25) is 0 Å². The fourth-order valence-electron chi connectivity index (χ4n) is 4.43. The number of H-pyrrole nitrogens is 1. The zero-order valence-electron chi connectivity index (χ0n) is 16.7. The molecule has 1 N–H and O–H groups in total. The van der Waals surface area contributed by atoms with Gasteiger partial charge in [-0.25, -0.2) is 0 Å². The molecule has 0 unspecified atom stereocenters. The molecular weight excluding hydrogens is 377 g/mol. The van der Waals surface area contributed by atoms with Crippen LogP contribution in [0.2, 0.25) is 47.1 Å². The van der Waals surface area contributed by atoms with Crippen molar-refractivity contribution >= 4 is 36.4 Å². The van der Waals surface area contributed by atoms with E-state index in [-0.39, 0.29) is 24.8 Å². The second kappa shape index (κ2) is 1.56. The van der Waals surface area contributed by atoms with E-state index in [1.807, 2.05) is 0 Å². The molecule has 2 rings (SSSR count). The molecule has 0 aromatic carbocycles. The monoisotopic (exact) mass is 416 g/mol. The first-order valence-electron chi connectivity index (χ1n) is 8.56. The number of hydrogen-bond donors (Lipinski definition) is 1. The first-order chi connectivity index (χ1) is 7.85. The van der Waals surface area contributed by atoms with E-state index in [0.717, 1.165) is 6.42 Å². The second-order valence-corrected chi connectivity index (χ2v) is 141. The van der Waals surface area contributed by atoms with Gasteiger partial charge in [0.15, 0.2) is 0 Å². The van der Waals surface area contributed by atoms with E-state index in [4.69, 9.17) is 0 Å². The third-order valence-corrected chi connectivity index (χ3v) is 30.7. The Morgan fingerprint density at radius 3 is 1.70 bits per heavy atom. The van der Waals surface area contributed by atoms with Gasteiger partial charge in [0.05, 0.1) is 0 Å². The van der Waals surface area contributed by atoms with Crippen LogP contribution in [0.5, 0.6) is 0 Å². The minimum atomic E-state index is -6.41. The molecular formula is C18H40Cl2NSiTi. The van der Waals surface area contributed by atoms with Crippen molar-refractivity contribution in [1.29, 1.82) is 0 Å². The molecule has 5 heteroatoms. The number of aromatic nitrogens is 1. The van der Waals surface area contributed by atoms with Gasteiger partial charge < -0.3 is 0 Å². The average molecular weight is 417 g/mol. The van der Waals surface area contributed by atoms with Gasteiger partial charge in [-0.2, -0.15) is 0 Å². The summed E-state index contributed by atoms with van der Waals surface area (Å²) in [5.41, 5.74) is 0. The third-order valence-electron chi connectivity index (χ3n) is 7.40. The van der Waals surface area contributed by atoms with Crippen molar-refractivity contribution in [3.05, 3.63) is 40.4 Å². The molecule has 0 spiro atoms. The van der Waals surface area contributed by atoms with Gasteiger partial charge in [0.1, 0.15) is 0 Å². The van der Waals surface area contributed by atoms with Crippen LogP contribution in [0.4, 0.5) is 0 Å². The Labute approximate surface area is 139 Å². The third kappa shape index (κ3) is 2.70. The number of rotatable bonds is 2. The predicted molar refractivity (Wildman–Crippen MR) is 118 cm³/mol. The topological polar surface area (TPSA) is 15.8 Å². The van der Waals surface area contributed by atoms with Crippen LogP contribution in [0.3, 0.4) is 0 Å². The average Bonchev–Trinajstić information content (AvgIpc) is 2.73. The van der Waals surface area contributed by atoms with E-state index in [2.05, 4.69) is 96.2 Å². The number of aromatic amines is 1. The predicted octanol–water partition coefficient (Wildman–Crippen LogP) is 6.75. The Morgan fingerprint density at radius 2 is 1.39 bits per heavy atom. The number of allylic oxidation sites excluding steroid dienone is 4. The summed E-state index contributed by atoms with van der Waals surface area (Å²) in [5, 5.41) is 16.5. The Kier molecular flexibility index (Phi) is 1.58. The summed E-state index contributed by atoms with van der Waals surface area (Å²) < 4.78 is 2.75. The van der Waals surface area contributed by atoms with Crippen molar-refractivity contribution < 1.29 is 5.07 Å². The molecule has 0 fully saturated rings. The van der Waals surface area contributed by atoms with Crippen molar-refractivity contribution in [2.75, 3.05) is 0 Å². The summed E-state index contributed by atoms with van der Waals surface area (Å²) in [5.74, 6) is 0. The van der Waals surface area contributed by atoms with Gasteiger partial charge in [0, 0.05) is 0 Å². The molecule has 1 aliphatic rings. The fourth-order valence-corrected chi connectivity index (χ4v) is 18.4. The number of halogens is 2. The molecule has 1 heterocycles. The van der Waals surface area contributed by atoms with Gasteiger partial charge >= 0.3 is 116 Å². The van der Waals surface area contributed by atoms with E-state index >= 15 is 0 Å². The van der Waals surface area contributed by atoms with Gasteiger partial charge in [-0.15, -0.1) is 24.8 Å². The number of hydrogen-bond acceptors (Lipinski definition) is 0. The molecule has 23 heavy (non-hydrogen) atoms. The van der Waals surface area contributed by atoms with Crippen molar-refractivity contribution in [1.82, 2.24) is 4.98 Å². The van der Waals surface area contributed by atoms with Crippen LogP contribution in [0.1, 0.15) is 6.42 Å². The first-order valence-corrected chi connectivity index (χ1v) is 28.2. The minimum absolute atomic E-state index is 0. The molecule has 0 radical (unpaired) electrons. The Bertz CT molecular complexity index is 1130. The van der Waals surface area contributed by atoms with Crippen LogP contribution in [-0.2, 0) is 5.07 Å². The molecule has 0 bridgehead atoms. The van der Waals surface area contributed by atoms with E-state index in [1.165, 1.54) is 7.88 Å². The number of nitrogens with one attached hydrogen (secondary N) is 1. The van der Waals surface area contributed by atoms with E-state index in [0.29, 0.717) is 0 Å². The van der Waals surface area contributed by atoms with Crippen molar-refractivity contribution in [3.8, 4) is 0 Å². The maximum absolute atomic E-state index is 6.41. The maximum atomic E-state index is 3.66. The van der Waals surface area contributed by atoms with E-state index in [1.54, 1.807) is 0 Å². The van der Waals surface area contributed by atoms with Crippen molar-refractivity contribution in [2.24, 2.45) is 0 Å². The van der Waals surface area contributed by atoms with Gasteiger partial charge in [-0.3, -0.25) is 0 Å². The molecule has 0 saturated heterocycles. The SMILES string of the molecule is Cl.Cl.[CH3][Ti]([CH3])([CH3])([CH3])([CH3])([CH3])([CH3])([CH3])([CH3])(=[SiH2])([C]1=CC=CC1)[c]1ccc[nH]1. The van der Waals surface area contributed by atoms with Crippen LogP contribution < -0.4 is 4.00 Å². The Morgan fingerprint density at radius 1 is 0.913 bits per heavy atom. The molecule has 1 aliphatic carbocycles. The normalized spacial score (nSPS) is 33.2. The zero-order chi connectivity index (χ0) is 17.1. The van der Waals surface area contributed by atoms with Crippen LogP contribution in [-0.4, -0.2) is 12.6 Å². The fraction of sp³-hybridized carbons (Fsp3) is 0.556. The molecule has 1 nitrogen and oxygen atoms in total. The van der Waals surface area contributed by atoms with Crippen LogP contribution >= 0.6 is 24.8 Å². The molecule has 139 valence electrons. The summed E-state index contributed by atoms with van der Waals surface area (Å²) in [4.78, 5) is 3.66. The van der Waals surface area contributed by atoms with Crippen LogP contribution in [0, 0.1) is 0 Å². The molecule has 1 aromatic rings. The van der Waals surface area contributed by atoms with Crippen LogP contribution in [0.15, 0.2) is 40.4 Å². The summed E-state index contributed by atoms with van der Waals surface area (Å²) in [6.07, 6.45) is 9.87. The second-order valence-electron chi connectivity index (χ2n) is 28.6. The summed E-state index contributed by atoms with van der Waals surface area (Å²) in [7, 11) is 2.21. The standard InChI is InChI=1S/C5H5.C4H4N.9CH3.2ClH.H2Si.Ti/c2*1-2-4-5-3-1;;;;;;;;;;;;;/h1-3H,4H2;1-3,5H;9*1H3;2*1H;1H2;. The summed E-state index contributed by atoms with van der Waals surface area (Å²) in [6.45, 7) is 0. The van der Waals surface area contributed by atoms with Gasteiger partial charge in [-0.1, -0.05) is 0 Å². The van der Waals surface area contributed by atoms with E-state index < -0.39 is 5.07 Å². The van der Waals surface area contributed by atoms with Crippen LogP contribution in [0.25, 0.3) is 0 Å². The summed E-state index contributed by atoms with van der Waals surface area (Å²) in [6, 6.07) is 4.41. The molecule has 0 atom stereocenters. The molecule has 0 amide bonds. The molecule has 0 aliphatic heterocycles. The summed E-state index contributed by atoms with van der Waals surface area (Å²) >= 11 is 0.